The second-order valence-electron chi connectivity index (χ2n) is 8.04. The molecule has 160 valence electrons. The van der Waals surface area contributed by atoms with Crippen LogP contribution in [-0.4, -0.2) is 41.0 Å². The summed E-state index contributed by atoms with van der Waals surface area (Å²) in [7, 11) is 0. The smallest absolute Gasteiger partial charge is 0.252 e. The lowest BCUT2D eigenvalue weighted by atomic mass is 9.89. The maximum Gasteiger partial charge on any atom is 0.252 e. The molecule has 0 saturated carbocycles. The zero-order valence-corrected chi connectivity index (χ0v) is 18.6. The van der Waals surface area contributed by atoms with Crippen molar-refractivity contribution in [2.75, 3.05) is 13.1 Å². The minimum Gasteiger partial charge on any atom is -0.508 e. The van der Waals surface area contributed by atoms with E-state index in [2.05, 4.69) is 5.32 Å². The van der Waals surface area contributed by atoms with Crippen LogP contribution >= 0.6 is 23.2 Å². The average molecular weight is 449 g/mol. The van der Waals surface area contributed by atoms with Crippen LogP contribution in [0.2, 0.25) is 10.0 Å². The third-order valence-electron chi connectivity index (χ3n) is 5.51. The summed E-state index contributed by atoms with van der Waals surface area (Å²) in [6.07, 6.45) is 1.74. The number of nitrogens with one attached hydrogen (secondary N) is 1. The molecule has 2 amide bonds. The van der Waals surface area contributed by atoms with E-state index in [1.165, 1.54) is 23.8 Å². The second kappa shape index (κ2) is 9.71. The maximum atomic E-state index is 13.1. The first-order valence-corrected chi connectivity index (χ1v) is 10.8. The molecule has 1 aliphatic rings. The summed E-state index contributed by atoms with van der Waals surface area (Å²) in [6, 6.07) is 11.4. The van der Waals surface area contributed by atoms with Gasteiger partial charge in [0.25, 0.3) is 5.91 Å². The molecular weight excluding hydrogens is 423 g/mol. The lowest BCUT2D eigenvalue weighted by Gasteiger charge is -2.35. The number of nitrogens with zero attached hydrogens (tertiary/aromatic N) is 1. The molecular formula is C23H26Cl2N2O3. The van der Waals surface area contributed by atoms with Gasteiger partial charge in [0.15, 0.2) is 0 Å². The topological polar surface area (TPSA) is 69.6 Å². The Kier molecular flexibility index (Phi) is 7.27. The molecule has 3 rings (SSSR count). The van der Waals surface area contributed by atoms with Crippen molar-refractivity contribution in [3.8, 4) is 5.75 Å². The van der Waals surface area contributed by atoms with Crippen molar-refractivity contribution in [2.45, 2.75) is 38.6 Å². The maximum absolute atomic E-state index is 13.1. The number of halogens is 2. The van der Waals surface area contributed by atoms with Gasteiger partial charge in [-0.15, -0.1) is 0 Å². The highest BCUT2D eigenvalue weighted by atomic mass is 35.5. The Hall–Kier alpha value is -2.24. The zero-order chi connectivity index (χ0) is 21.8. The van der Waals surface area contributed by atoms with Gasteiger partial charge >= 0.3 is 0 Å². The van der Waals surface area contributed by atoms with Crippen molar-refractivity contribution in [2.24, 2.45) is 5.92 Å². The van der Waals surface area contributed by atoms with E-state index in [1.807, 2.05) is 43.0 Å². The Morgan fingerprint density at radius 3 is 2.23 bits per heavy atom. The highest BCUT2D eigenvalue weighted by Gasteiger charge is 2.31. The normalized spacial score (nSPS) is 15.8. The molecule has 30 heavy (non-hydrogen) atoms. The third-order valence-corrected chi connectivity index (χ3v) is 5.98. The summed E-state index contributed by atoms with van der Waals surface area (Å²) in [6.45, 7) is 5.09. The molecule has 1 saturated heterocycles. The van der Waals surface area contributed by atoms with E-state index >= 15 is 0 Å². The van der Waals surface area contributed by atoms with Crippen LogP contribution in [0.25, 0.3) is 0 Å². The molecule has 1 aliphatic heterocycles. The van der Waals surface area contributed by atoms with Gasteiger partial charge in [0, 0.05) is 28.7 Å². The van der Waals surface area contributed by atoms with Crippen LogP contribution < -0.4 is 5.32 Å². The van der Waals surface area contributed by atoms with Gasteiger partial charge in [-0.1, -0.05) is 49.2 Å². The van der Waals surface area contributed by atoms with E-state index < -0.39 is 11.9 Å². The second-order valence-corrected chi connectivity index (χ2v) is 8.92. The Balaban J connectivity index is 1.64. The van der Waals surface area contributed by atoms with E-state index in [1.54, 1.807) is 0 Å². The largest absolute Gasteiger partial charge is 0.508 e. The van der Waals surface area contributed by atoms with Crippen LogP contribution in [0, 0.1) is 5.92 Å². The molecule has 0 aliphatic carbocycles. The van der Waals surface area contributed by atoms with Gasteiger partial charge in [-0.2, -0.15) is 0 Å². The highest BCUT2D eigenvalue weighted by molar-refractivity contribution is 6.31. The van der Waals surface area contributed by atoms with Crippen molar-refractivity contribution in [3.63, 3.8) is 0 Å². The lowest BCUT2D eigenvalue weighted by molar-refractivity contribution is -0.135. The number of rotatable bonds is 5. The molecule has 2 N–H and O–H groups in total. The molecule has 7 heteroatoms. The van der Waals surface area contributed by atoms with Gasteiger partial charge in [-0.3, -0.25) is 9.59 Å². The number of phenolic OH excluding ortho intramolecular Hbond substituents is 1. The van der Waals surface area contributed by atoms with Crippen molar-refractivity contribution < 1.29 is 14.7 Å². The van der Waals surface area contributed by atoms with Gasteiger partial charge in [0.2, 0.25) is 5.91 Å². The van der Waals surface area contributed by atoms with Gasteiger partial charge in [0.1, 0.15) is 11.8 Å². The number of phenols is 1. The van der Waals surface area contributed by atoms with E-state index in [0.717, 1.165) is 17.9 Å². The summed E-state index contributed by atoms with van der Waals surface area (Å²) in [4.78, 5) is 27.6. The van der Waals surface area contributed by atoms with Crippen molar-refractivity contribution >= 4 is 35.0 Å². The number of hydrogen-bond donors (Lipinski definition) is 2. The van der Waals surface area contributed by atoms with Crippen LogP contribution in [0.5, 0.6) is 5.75 Å². The van der Waals surface area contributed by atoms with Crippen LogP contribution in [0.3, 0.4) is 0 Å². The Labute approximate surface area is 187 Å². The fourth-order valence-corrected chi connectivity index (χ4v) is 4.16. The van der Waals surface area contributed by atoms with Crippen molar-refractivity contribution in [3.05, 3.63) is 63.6 Å². The summed E-state index contributed by atoms with van der Waals surface area (Å²) in [5.74, 6) is -0.296. The molecule has 0 spiro atoms. The van der Waals surface area contributed by atoms with E-state index in [4.69, 9.17) is 23.2 Å². The van der Waals surface area contributed by atoms with Gasteiger partial charge in [-0.05, 0) is 60.6 Å². The van der Waals surface area contributed by atoms with Crippen LogP contribution in [0.15, 0.2) is 42.5 Å². The molecule has 0 radical (unpaired) electrons. The average Bonchev–Trinajstić information content (AvgIpc) is 2.71. The number of hydrogen-bond acceptors (Lipinski definition) is 3. The molecule has 2 aromatic rings. The Morgan fingerprint density at radius 1 is 1.03 bits per heavy atom. The molecule has 1 atom stereocenters. The number of likely N-dealkylation sites (tertiary alicyclic amines) is 1. The van der Waals surface area contributed by atoms with Gasteiger partial charge in [-0.25, -0.2) is 0 Å². The van der Waals surface area contributed by atoms with Crippen molar-refractivity contribution in [1.82, 2.24) is 10.2 Å². The van der Waals surface area contributed by atoms with E-state index in [0.29, 0.717) is 19.0 Å². The number of aromatic hydroxyl groups is 1. The fraction of sp³-hybridized carbons (Fsp3) is 0.391. The first-order valence-electron chi connectivity index (χ1n) is 10.1. The molecule has 0 bridgehead atoms. The first kappa shape index (κ1) is 22.4. The van der Waals surface area contributed by atoms with Crippen LogP contribution in [0.4, 0.5) is 0 Å². The first-order chi connectivity index (χ1) is 14.2. The summed E-state index contributed by atoms with van der Waals surface area (Å²) in [5, 5.41) is 13.5. The zero-order valence-electron chi connectivity index (χ0n) is 17.1. The lowest BCUT2D eigenvalue weighted by Crippen LogP contribution is -2.52. The molecule has 0 unspecified atom stereocenters. The quantitative estimate of drug-likeness (QED) is 0.685. The molecule has 2 aromatic carbocycles. The molecule has 5 nitrogen and oxygen atoms in total. The predicted molar refractivity (Wildman–Crippen MR) is 119 cm³/mol. The fourth-order valence-electron chi connectivity index (χ4n) is 3.81. The molecule has 1 heterocycles. The third kappa shape index (κ3) is 5.46. The van der Waals surface area contributed by atoms with Crippen molar-refractivity contribution in [1.29, 1.82) is 0 Å². The Bertz CT molecular complexity index is 887. The van der Waals surface area contributed by atoms with Gasteiger partial charge < -0.3 is 15.3 Å². The summed E-state index contributed by atoms with van der Waals surface area (Å²) < 4.78 is 0. The van der Waals surface area contributed by atoms with E-state index in [-0.39, 0.29) is 28.2 Å². The minimum atomic E-state index is -0.647. The standard InChI is InChI=1S/C23H26Cl2N2O3/c1-14(2)21(26-22(29)17-11-19(25)13-20(28)12-17)23(30)27-9-7-16(8-10-27)15-3-5-18(24)6-4-15/h3-6,11-14,16,21,28H,7-10H2,1-2H3,(H,26,29)/t21-/m1/s1. The number of carbonyl (C=O) groups is 2. The number of piperidine rings is 1. The molecule has 0 aromatic heterocycles. The van der Waals surface area contributed by atoms with Gasteiger partial charge in [0.05, 0.1) is 0 Å². The predicted octanol–water partition coefficient (Wildman–Crippen LogP) is 4.86. The molecule has 1 fully saturated rings. The highest BCUT2D eigenvalue weighted by Crippen LogP contribution is 2.29. The van der Waals surface area contributed by atoms with Crippen LogP contribution in [0.1, 0.15) is 48.5 Å². The number of amides is 2. The van der Waals surface area contributed by atoms with Crippen LogP contribution in [-0.2, 0) is 4.79 Å². The summed E-state index contributed by atoms with van der Waals surface area (Å²) in [5.41, 5.74) is 1.46. The number of carbonyl (C=O) groups excluding carboxylic acids is 2. The van der Waals surface area contributed by atoms with E-state index in [9.17, 15) is 14.7 Å². The Morgan fingerprint density at radius 2 is 1.67 bits per heavy atom. The minimum absolute atomic E-state index is 0.0804. The summed E-state index contributed by atoms with van der Waals surface area (Å²) >= 11 is 11.9. The monoisotopic (exact) mass is 448 g/mol. The SMILES string of the molecule is CC(C)[C@@H](NC(=O)c1cc(O)cc(Cl)c1)C(=O)N1CCC(c2ccc(Cl)cc2)CC1. The number of benzene rings is 2.